The molecule has 176 valence electrons. The van der Waals surface area contributed by atoms with Crippen LogP contribution in [0.15, 0.2) is 12.2 Å². The van der Waals surface area contributed by atoms with Crippen LogP contribution in [-0.2, 0) is 19.1 Å². The first-order valence-electron chi connectivity index (χ1n) is 12.3. The van der Waals surface area contributed by atoms with Crippen molar-refractivity contribution in [1.29, 1.82) is 0 Å². The van der Waals surface area contributed by atoms with Crippen LogP contribution in [0.3, 0.4) is 0 Å². The largest absolute Gasteiger partial charge is 0.481 e. The Morgan fingerprint density at radius 3 is 2.44 bits per heavy atom. The first kappa shape index (κ1) is 22.3. The molecule has 5 aliphatic rings. The normalized spacial score (nSPS) is 52.4. The third-order valence-electron chi connectivity index (χ3n) is 10.8. The summed E-state index contributed by atoms with van der Waals surface area (Å²) in [6.07, 6.45) is 8.98. The van der Waals surface area contributed by atoms with Gasteiger partial charge >= 0.3 is 5.97 Å². The van der Waals surface area contributed by atoms with Gasteiger partial charge in [-0.15, -0.1) is 0 Å². The van der Waals surface area contributed by atoms with E-state index >= 15 is 0 Å². The van der Waals surface area contributed by atoms with E-state index in [1.165, 1.54) is 12.2 Å². The van der Waals surface area contributed by atoms with Crippen LogP contribution in [0.4, 0.5) is 0 Å². The van der Waals surface area contributed by atoms with Gasteiger partial charge in [0.05, 0.1) is 11.0 Å². The lowest BCUT2D eigenvalue weighted by Gasteiger charge is -2.67. The van der Waals surface area contributed by atoms with Gasteiger partial charge in [-0.25, -0.2) is 0 Å². The highest BCUT2D eigenvalue weighted by Gasteiger charge is 2.71. The summed E-state index contributed by atoms with van der Waals surface area (Å²) in [5.41, 5.74) is -2.94. The number of hydrogen-bond donors (Lipinski definition) is 2. The van der Waals surface area contributed by atoms with Gasteiger partial charge in [0.25, 0.3) is 0 Å². The molecular weight excluding hydrogens is 408 g/mol. The minimum atomic E-state index is -1.06. The van der Waals surface area contributed by atoms with Gasteiger partial charge in [0.2, 0.25) is 0 Å². The highest BCUT2D eigenvalue weighted by atomic mass is 16.5. The fourth-order valence-corrected chi connectivity index (χ4v) is 9.37. The van der Waals surface area contributed by atoms with E-state index in [0.29, 0.717) is 12.8 Å². The molecule has 6 nitrogen and oxygen atoms in total. The van der Waals surface area contributed by atoms with Crippen molar-refractivity contribution in [2.45, 2.75) is 89.8 Å². The molecule has 0 aromatic rings. The molecular formula is C26H36O6. The summed E-state index contributed by atoms with van der Waals surface area (Å²) < 4.78 is 6.58. The molecule has 2 N–H and O–H groups in total. The van der Waals surface area contributed by atoms with Crippen LogP contribution in [0.1, 0.15) is 78.6 Å². The Morgan fingerprint density at radius 2 is 1.75 bits per heavy atom. The first-order valence-corrected chi connectivity index (χ1v) is 12.3. The van der Waals surface area contributed by atoms with Gasteiger partial charge in [0, 0.05) is 18.4 Å². The fraction of sp³-hybridized carbons (Fsp3) is 0.808. The lowest BCUT2D eigenvalue weighted by Crippen LogP contribution is -2.64. The highest BCUT2D eigenvalue weighted by Crippen LogP contribution is 2.72. The number of carboxylic acid groups (broad SMARTS) is 1. The SMILES string of the molecule is C[C@@]12CC[C@@H]3[C@](CO)(CCC[C@]3(C)C(=O)O)[C@H]1CC[C@]1(C)O[C@@]3(CC(=O)C=CC3=O)C[C@@H]21. The predicted molar refractivity (Wildman–Crippen MR) is 117 cm³/mol. The number of ether oxygens (including phenoxy) is 1. The maximum absolute atomic E-state index is 13.0. The second-order valence-corrected chi connectivity index (χ2v) is 12.2. The van der Waals surface area contributed by atoms with E-state index in [-0.39, 0.29) is 47.8 Å². The molecule has 1 heterocycles. The number of ketones is 2. The fourth-order valence-electron chi connectivity index (χ4n) is 9.37. The molecule has 0 radical (unpaired) electrons. The van der Waals surface area contributed by atoms with Gasteiger partial charge in [0.15, 0.2) is 11.6 Å². The number of hydrogen-bond acceptors (Lipinski definition) is 5. The van der Waals surface area contributed by atoms with E-state index in [1.54, 1.807) is 0 Å². The van der Waals surface area contributed by atoms with E-state index in [1.807, 2.05) is 6.92 Å². The zero-order valence-electron chi connectivity index (χ0n) is 19.5. The Labute approximate surface area is 189 Å². The van der Waals surface area contributed by atoms with Crippen LogP contribution in [0, 0.1) is 34.0 Å². The summed E-state index contributed by atoms with van der Waals surface area (Å²) in [5.74, 6) is -0.682. The molecule has 0 aromatic carbocycles. The predicted octanol–water partition coefficient (Wildman–Crippen LogP) is 3.70. The van der Waals surface area contributed by atoms with Crippen LogP contribution in [-0.4, -0.2) is 45.6 Å². The van der Waals surface area contributed by atoms with Crippen molar-refractivity contribution in [2.24, 2.45) is 34.0 Å². The molecule has 1 spiro atoms. The Kier molecular flexibility index (Phi) is 4.70. The van der Waals surface area contributed by atoms with Crippen LogP contribution < -0.4 is 0 Å². The molecule has 5 rings (SSSR count). The molecule has 0 aromatic heterocycles. The van der Waals surface area contributed by atoms with E-state index < -0.39 is 28.0 Å². The standard InChI is InChI=1S/C26H36O6/c1-22-11-7-18-23(2,21(30)31)9-4-10-25(18,15-27)17(22)8-12-24(3)19(22)14-26(32-24)13-16(28)5-6-20(26)29/h5-6,17-19,27H,4,7-15H2,1-3H3,(H,30,31)/t17-,18-,19-,22+,23-,24-,25-,26-/m0/s1. The molecule has 32 heavy (non-hydrogen) atoms. The van der Waals surface area contributed by atoms with Gasteiger partial charge in [-0.3, -0.25) is 14.4 Å². The Morgan fingerprint density at radius 1 is 1.03 bits per heavy atom. The number of carbonyl (C=O) groups is 3. The third kappa shape index (κ3) is 2.62. The number of aliphatic hydroxyl groups is 1. The summed E-state index contributed by atoms with van der Waals surface area (Å²) in [6.45, 7) is 6.28. The van der Waals surface area contributed by atoms with E-state index in [2.05, 4.69) is 13.8 Å². The Bertz CT molecular complexity index is 910. The molecule has 6 heteroatoms. The molecule has 0 unspecified atom stereocenters. The average molecular weight is 445 g/mol. The molecule has 4 fully saturated rings. The van der Waals surface area contributed by atoms with Gasteiger partial charge in [0.1, 0.15) is 5.60 Å². The van der Waals surface area contributed by atoms with Crippen molar-refractivity contribution in [3.8, 4) is 0 Å². The maximum atomic E-state index is 13.0. The second-order valence-electron chi connectivity index (χ2n) is 12.2. The first-order chi connectivity index (χ1) is 15.0. The number of carboxylic acids is 1. The van der Waals surface area contributed by atoms with Crippen LogP contribution in [0.5, 0.6) is 0 Å². The number of fused-ring (bicyclic) bond motifs is 5. The van der Waals surface area contributed by atoms with Crippen LogP contribution >= 0.6 is 0 Å². The third-order valence-corrected chi connectivity index (χ3v) is 10.8. The minimum Gasteiger partial charge on any atom is -0.481 e. The molecule has 3 saturated carbocycles. The summed E-state index contributed by atoms with van der Waals surface area (Å²) in [7, 11) is 0. The van der Waals surface area contributed by atoms with E-state index in [4.69, 9.17) is 4.74 Å². The van der Waals surface area contributed by atoms with Crippen molar-refractivity contribution in [3.05, 3.63) is 12.2 Å². The van der Waals surface area contributed by atoms with Crippen molar-refractivity contribution < 1.29 is 29.3 Å². The van der Waals surface area contributed by atoms with Gasteiger partial charge in [-0.2, -0.15) is 0 Å². The summed E-state index contributed by atoms with van der Waals surface area (Å²) in [5, 5.41) is 21.0. The average Bonchev–Trinajstić information content (AvgIpc) is 3.04. The second kappa shape index (κ2) is 6.75. The van der Waals surface area contributed by atoms with Crippen LogP contribution in [0.25, 0.3) is 0 Å². The highest BCUT2D eigenvalue weighted by molar-refractivity contribution is 6.09. The Balaban J connectivity index is 1.56. The summed E-state index contributed by atoms with van der Waals surface area (Å²) in [4.78, 5) is 37.6. The summed E-state index contributed by atoms with van der Waals surface area (Å²) in [6, 6.07) is 0. The van der Waals surface area contributed by atoms with Crippen molar-refractivity contribution >= 4 is 17.5 Å². The topological polar surface area (TPSA) is 101 Å². The monoisotopic (exact) mass is 444 g/mol. The van der Waals surface area contributed by atoms with E-state index in [9.17, 15) is 24.6 Å². The van der Waals surface area contributed by atoms with E-state index in [0.717, 1.165) is 38.5 Å². The molecule has 0 bridgehead atoms. The van der Waals surface area contributed by atoms with Gasteiger partial charge in [-0.05, 0) is 94.1 Å². The number of carbonyl (C=O) groups excluding carboxylic acids is 2. The number of allylic oxidation sites excluding steroid dienone is 1. The number of rotatable bonds is 2. The zero-order valence-corrected chi connectivity index (χ0v) is 19.5. The molecule has 8 atom stereocenters. The molecule has 4 aliphatic carbocycles. The summed E-state index contributed by atoms with van der Waals surface area (Å²) >= 11 is 0. The lowest BCUT2D eigenvalue weighted by molar-refractivity contribution is -0.226. The molecule has 1 aliphatic heterocycles. The maximum Gasteiger partial charge on any atom is 0.309 e. The number of aliphatic hydroxyl groups excluding tert-OH is 1. The van der Waals surface area contributed by atoms with Crippen molar-refractivity contribution in [2.75, 3.05) is 6.61 Å². The molecule has 0 amide bonds. The zero-order chi connectivity index (χ0) is 23.2. The van der Waals surface area contributed by atoms with Gasteiger partial charge < -0.3 is 14.9 Å². The molecule has 1 saturated heterocycles. The smallest absolute Gasteiger partial charge is 0.309 e. The number of aliphatic carboxylic acids is 1. The lowest BCUT2D eigenvalue weighted by atomic mass is 9.37. The Hall–Kier alpha value is -1.53. The minimum absolute atomic E-state index is 0.0103. The van der Waals surface area contributed by atoms with Crippen molar-refractivity contribution in [1.82, 2.24) is 0 Å². The van der Waals surface area contributed by atoms with Gasteiger partial charge in [-0.1, -0.05) is 13.3 Å². The quantitative estimate of drug-likeness (QED) is 0.674. The van der Waals surface area contributed by atoms with Crippen molar-refractivity contribution in [3.63, 3.8) is 0 Å². The van der Waals surface area contributed by atoms with Crippen LogP contribution in [0.2, 0.25) is 0 Å².